The smallest absolute Gasteiger partial charge is 0.266 e. The maximum Gasteiger partial charge on any atom is 0.266 e. The van der Waals surface area contributed by atoms with Crippen LogP contribution in [0.5, 0.6) is 5.75 Å². The normalized spacial score (nSPS) is 11.5. The summed E-state index contributed by atoms with van der Waals surface area (Å²) in [7, 11) is 0. The minimum Gasteiger partial charge on any atom is -0.487 e. The number of hydrogen-bond donors (Lipinski definition) is 0. The number of aryl methyl sites for hydroxylation is 2. The van der Waals surface area contributed by atoms with Crippen molar-refractivity contribution >= 4 is 0 Å². The van der Waals surface area contributed by atoms with Gasteiger partial charge in [0.25, 0.3) is 5.89 Å². The molecule has 0 aliphatic heterocycles. The largest absolute Gasteiger partial charge is 0.487 e. The van der Waals surface area contributed by atoms with Crippen LogP contribution in [0.15, 0.2) is 71.1 Å². The summed E-state index contributed by atoms with van der Waals surface area (Å²) in [5, 5.41) is 7.87. The van der Waals surface area contributed by atoms with Crippen LogP contribution < -0.4 is 4.74 Å². The Morgan fingerprint density at radius 1 is 0.833 bits per heavy atom. The molecule has 0 aliphatic carbocycles. The van der Waals surface area contributed by atoms with Gasteiger partial charge in [0.1, 0.15) is 18.1 Å². The fraction of sp³-hybridized carbons (Fsp3) is 0.240. The van der Waals surface area contributed by atoms with E-state index in [4.69, 9.17) is 9.15 Å². The van der Waals surface area contributed by atoms with E-state index in [1.165, 1.54) is 16.7 Å². The molecule has 5 heteroatoms. The molecule has 0 radical (unpaired) electrons. The summed E-state index contributed by atoms with van der Waals surface area (Å²) in [5.41, 5.74) is 5.17. The number of hydrogen-bond acceptors (Lipinski definition) is 5. The van der Waals surface area contributed by atoms with Gasteiger partial charge in [-0.05, 0) is 42.3 Å². The number of ether oxygens (including phenoxy) is 1. The van der Waals surface area contributed by atoms with Gasteiger partial charge in [-0.3, -0.25) is 0 Å². The second kappa shape index (κ2) is 8.11. The van der Waals surface area contributed by atoms with Crippen LogP contribution in [0.1, 0.15) is 42.1 Å². The molecular weight excluding hydrogens is 374 g/mol. The third kappa shape index (κ3) is 4.25. The first-order chi connectivity index (χ1) is 14.4. The minimum atomic E-state index is -0.0790. The van der Waals surface area contributed by atoms with E-state index < -0.39 is 0 Å². The van der Waals surface area contributed by atoms with Crippen LogP contribution in [0, 0.1) is 13.8 Å². The summed E-state index contributed by atoms with van der Waals surface area (Å²) in [4.78, 5) is 4.55. The molecule has 0 unspecified atom stereocenters. The van der Waals surface area contributed by atoms with Gasteiger partial charge < -0.3 is 9.15 Å². The highest BCUT2D eigenvalue weighted by Crippen LogP contribution is 2.32. The molecule has 2 heterocycles. The highest BCUT2D eigenvalue weighted by Gasteiger charge is 2.22. The molecule has 0 aliphatic rings. The third-order valence-corrected chi connectivity index (χ3v) is 5.29. The van der Waals surface area contributed by atoms with Gasteiger partial charge >= 0.3 is 0 Å². The molecule has 0 atom stereocenters. The monoisotopic (exact) mass is 399 g/mol. The Labute approximate surface area is 176 Å². The van der Waals surface area contributed by atoms with Crippen molar-refractivity contribution in [2.24, 2.45) is 0 Å². The maximum absolute atomic E-state index is 5.95. The Kier molecular flexibility index (Phi) is 5.36. The molecule has 4 aromatic rings. The quantitative estimate of drug-likeness (QED) is 0.419. The Morgan fingerprint density at radius 3 is 2.13 bits per heavy atom. The van der Waals surface area contributed by atoms with E-state index in [1.54, 1.807) is 6.92 Å². The second-order valence-corrected chi connectivity index (χ2v) is 7.94. The molecule has 0 spiro atoms. The van der Waals surface area contributed by atoms with Crippen molar-refractivity contribution in [2.75, 3.05) is 0 Å². The summed E-state index contributed by atoms with van der Waals surface area (Å²) in [5.74, 6) is 1.73. The summed E-state index contributed by atoms with van der Waals surface area (Å²) in [6.45, 7) is 8.70. The van der Waals surface area contributed by atoms with Gasteiger partial charge in [-0.25, -0.2) is 4.98 Å². The number of rotatable bonds is 6. The molecule has 30 heavy (non-hydrogen) atoms. The molecule has 5 nitrogen and oxygen atoms in total. The van der Waals surface area contributed by atoms with Gasteiger partial charge in [-0.2, -0.15) is 0 Å². The minimum absolute atomic E-state index is 0.0790. The average molecular weight is 399 g/mol. The Hall–Kier alpha value is -3.47. The SMILES string of the molecule is Cc1ccc(C(C)(C)c2ccc(OCc3cccc(-c4nnc(C)o4)n3)cc2)cc1. The van der Waals surface area contributed by atoms with E-state index in [1.807, 2.05) is 30.3 Å². The number of benzene rings is 2. The first-order valence-electron chi connectivity index (χ1n) is 9.99. The second-order valence-electron chi connectivity index (χ2n) is 7.94. The predicted molar refractivity (Wildman–Crippen MR) is 116 cm³/mol. The lowest BCUT2D eigenvalue weighted by Gasteiger charge is -2.26. The topological polar surface area (TPSA) is 61.0 Å². The van der Waals surface area contributed by atoms with Crippen molar-refractivity contribution in [1.29, 1.82) is 0 Å². The molecule has 0 amide bonds. The molecule has 2 aromatic heterocycles. The van der Waals surface area contributed by atoms with Gasteiger partial charge in [0.2, 0.25) is 5.89 Å². The third-order valence-electron chi connectivity index (χ3n) is 5.29. The first-order valence-corrected chi connectivity index (χ1v) is 9.99. The van der Waals surface area contributed by atoms with Crippen molar-refractivity contribution in [3.8, 4) is 17.3 Å². The zero-order valence-corrected chi connectivity index (χ0v) is 17.7. The van der Waals surface area contributed by atoms with Crippen LogP contribution in [0.4, 0.5) is 0 Å². The zero-order chi connectivity index (χ0) is 21.1. The maximum atomic E-state index is 5.95. The molecule has 152 valence electrons. The average Bonchev–Trinajstić information content (AvgIpc) is 3.19. The van der Waals surface area contributed by atoms with Crippen molar-refractivity contribution in [2.45, 2.75) is 39.7 Å². The van der Waals surface area contributed by atoms with Gasteiger partial charge in [0.05, 0.1) is 5.69 Å². The van der Waals surface area contributed by atoms with Crippen molar-refractivity contribution in [3.63, 3.8) is 0 Å². The Balaban J connectivity index is 1.45. The van der Waals surface area contributed by atoms with Crippen LogP contribution in [0.2, 0.25) is 0 Å². The lowest BCUT2D eigenvalue weighted by molar-refractivity contribution is 0.301. The van der Waals surface area contributed by atoms with E-state index >= 15 is 0 Å². The van der Waals surface area contributed by atoms with Gasteiger partial charge in [-0.15, -0.1) is 10.2 Å². The highest BCUT2D eigenvalue weighted by atomic mass is 16.5. The van der Waals surface area contributed by atoms with Crippen molar-refractivity contribution in [1.82, 2.24) is 15.2 Å². The molecular formula is C25H25N3O2. The molecule has 0 saturated heterocycles. The zero-order valence-electron chi connectivity index (χ0n) is 17.7. The van der Waals surface area contributed by atoms with E-state index in [-0.39, 0.29) is 5.41 Å². The lowest BCUT2D eigenvalue weighted by atomic mass is 9.78. The van der Waals surface area contributed by atoms with Gasteiger partial charge in [0.15, 0.2) is 0 Å². The van der Waals surface area contributed by atoms with Crippen molar-refractivity contribution < 1.29 is 9.15 Å². The standard InChI is InChI=1S/C25H25N3O2/c1-17-8-10-19(11-9-17)25(3,4)20-12-14-22(15-13-20)29-16-21-6-5-7-23(26-21)24-28-27-18(2)30-24/h5-15H,16H2,1-4H3. The highest BCUT2D eigenvalue weighted by molar-refractivity contribution is 5.46. The van der Waals surface area contributed by atoms with Crippen LogP contribution >= 0.6 is 0 Å². The summed E-state index contributed by atoms with van der Waals surface area (Å²) in [6.07, 6.45) is 0. The number of aromatic nitrogens is 3. The summed E-state index contributed by atoms with van der Waals surface area (Å²) in [6, 6.07) is 22.7. The van der Waals surface area contributed by atoms with Crippen LogP contribution in [-0.4, -0.2) is 15.2 Å². The van der Waals surface area contributed by atoms with Gasteiger partial charge in [-0.1, -0.05) is 61.9 Å². The fourth-order valence-corrected chi connectivity index (χ4v) is 3.34. The van der Waals surface area contributed by atoms with Gasteiger partial charge in [0, 0.05) is 12.3 Å². The molecule has 0 N–H and O–H groups in total. The predicted octanol–water partition coefficient (Wildman–Crippen LogP) is 5.65. The van der Waals surface area contributed by atoms with E-state index in [2.05, 4.69) is 72.4 Å². The fourth-order valence-electron chi connectivity index (χ4n) is 3.34. The Morgan fingerprint density at radius 2 is 1.50 bits per heavy atom. The molecule has 0 saturated carbocycles. The van der Waals surface area contributed by atoms with E-state index in [0.717, 1.165) is 11.4 Å². The van der Waals surface area contributed by atoms with E-state index in [0.29, 0.717) is 24.1 Å². The number of nitrogens with zero attached hydrogens (tertiary/aromatic N) is 3. The van der Waals surface area contributed by atoms with Crippen LogP contribution in [-0.2, 0) is 12.0 Å². The Bertz CT molecular complexity index is 1130. The van der Waals surface area contributed by atoms with E-state index in [9.17, 15) is 0 Å². The molecule has 0 fully saturated rings. The lowest BCUT2D eigenvalue weighted by Crippen LogP contribution is -2.18. The molecule has 4 rings (SSSR count). The molecule has 2 aromatic carbocycles. The summed E-state index contributed by atoms with van der Waals surface area (Å²) < 4.78 is 11.4. The number of pyridine rings is 1. The van der Waals surface area contributed by atoms with Crippen LogP contribution in [0.3, 0.4) is 0 Å². The van der Waals surface area contributed by atoms with Crippen molar-refractivity contribution in [3.05, 3.63) is 95.0 Å². The summed E-state index contributed by atoms with van der Waals surface area (Å²) >= 11 is 0. The molecule has 0 bridgehead atoms. The van der Waals surface area contributed by atoms with Crippen LogP contribution in [0.25, 0.3) is 11.6 Å². The first kappa shape index (κ1) is 19.8.